The molecule has 0 saturated heterocycles. The van der Waals surface area contributed by atoms with E-state index in [1.54, 1.807) is 12.1 Å². The Morgan fingerprint density at radius 2 is 2.05 bits per heavy atom. The van der Waals surface area contributed by atoms with Gasteiger partial charge in [-0.25, -0.2) is 4.98 Å². The summed E-state index contributed by atoms with van der Waals surface area (Å²) < 4.78 is 0. The number of aromatic nitrogens is 1. The molecule has 0 fully saturated rings. The topological polar surface area (TPSA) is 54.0 Å². The van der Waals surface area contributed by atoms with Gasteiger partial charge < -0.3 is 10.6 Å². The van der Waals surface area contributed by atoms with Crippen LogP contribution in [0, 0.1) is 5.92 Å². The lowest BCUT2D eigenvalue weighted by Crippen LogP contribution is -2.37. The van der Waals surface area contributed by atoms with E-state index in [0.29, 0.717) is 16.8 Å². The maximum Gasteiger partial charge on any atom is 0.271 e. The first-order chi connectivity index (χ1) is 9.49. The number of nitrogens with zero attached hydrogens (tertiary/aromatic N) is 1. The summed E-state index contributed by atoms with van der Waals surface area (Å²) >= 11 is 6.07. The second-order valence-electron chi connectivity index (χ2n) is 5.10. The molecule has 0 aliphatic heterocycles. The van der Waals surface area contributed by atoms with Crippen molar-refractivity contribution < 1.29 is 4.79 Å². The van der Waals surface area contributed by atoms with Crippen molar-refractivity contribution in [3.05, 3.63) is 22.8 Å². The zero-order chi connectivity index (χ0) is 15.1. The first kappa shape index (κ1) is 16.8. The van der Waals surface area contributed by atoms with Crippen LogP contribution in [-0.4, -0.2) is 23.5 Å². The van der Waals surface area contributed by atoms with Crippen LogP contribution in [0.5, 0.6) is 0 Å². The van der Waals surface area contributed by atoms with Gasteiger partial charge in [0.15, 0.2) is 0 Å². The molecule has 0 bridgehead atoms. The number of pyridine rings is 1. The molecule has 4 nitrogen and oxygen atoms in total. The Morgan fingerprint density at radius 1 is 1.35 bits per heavy atom. The number of hydrogen-bond acceptors (Lipinski definition) is 3. The van der Waals surface area contributed by atoms with Crippen LogP contribution in [0.25, 0.3) is 0 Å². The molecule has 112 valence electrons. The predicted octanol–water partition coefficient (Wildman–Crippen LogP) is 3.72. The first-order valence-electron chi connectivity index (χ1n) is 7.20. The Bertz CT molecular complexity index is 451. The van der Waals surface area contributed by atoms with Crippen molar-refractivity contribution in [2.45, 2.75) is 46.6 Å². The third kappa shape index (κ3) is 4.67. The number of nitrogens with one attached hydrogen (secondary N) is 2. The fourth-order valence-electron chi connectivity index (χ4n) is 1.72. The highest BCUT2D eigenvalue weighted by Crippen LogP contribution is 2.17. The lowest BCUT2D eigenvalue weighted by molar-refractivity contribution is 0.0923. The van der Waals surface area contributed by atoms with Crippen LogP contribution >= 0.6 is 11.6 Å². The van der Waals surface area contributed by atoms with Crippen LogP contribution in [0.1, 0.15) is 51.0 Å². The van der Waals surface area contributed by atoms with E-state index in [1.807, 2.05) is 6.92 Å². The van der Waals surface area contributed by atoms with Crippen LogP contribution in [0.3, 0.4) is 0 Å². The highest BCUT2D eigenvalue weighted by atomic mass is 35.5. The molecule has 0 aliphatic rings. The van der Waals surface area contributed by atoms with Gasteiger partial charge >= 0.3 is 0 Å². The summed E-state index contributed by atoms with van der Waals surface area (Å²) in [6.07, 6.45) is 2.01. The van der Waals surface area contributed by atoms with Crippen molar-refractivity contribution in [1.29, 1.82) is 0 Å². The highest BCUT2D eigenvalue weighted by Gasteiger charge is 2.18. The lowest BCUT2D eigenvalue weighted by Gasteiger charge is -2.20. The van der Waals surface area contributed by atoms with Gasteiger partial charge in [0.05, 0.1) is 5.02 Å². The summed E-state index contributed by atoms with van der Waals surface area (Å²) in [6, 6.07) is 3.58. The van der Waals surface area contributed by atoms with Crippen LogP contribution in [0.4, 0.5) is 5.82 Å². The average molecular weight is 298 g/mol. The van der Waals surface area contributed by atoms with Crippen molar-refractivity contribution in [1.82, 2.24) is 10.3 Å². The molecule has 1 amide bonds. The van der Waals surface area contributed by atoms with E-state index in [-0.39, 0.29) is 17.6 Å². The Labute approximate surface area is 126 Å². The van der Waals surface area contributed by atoms with Gasteiger partial charge in [0.25, 0.3) is 5.91 Å². The molecule has 5 heteroatoms. The van der Waals surface area contributed by atoms with Crippen molar-refractivity contribution in [2.24, 2.45) is 5.92 Å². The molecule has 0 radical (unpaired) electrons. The molecule has 1 heterocycles. The fourth-order valence-corrected chi connectivity index (χ4v) is 1.91. The van der Waals surface area contributed by atoms with Crippen molar-refractivity contribution in [3.63, 3.8) is 0 Å². The van der Waals surface area contributed by atoms with E-state index in [9.17, 15) is 4.79 Å². The first-order valence-corrected chi connectivity index (χ1v) is 7.58. The molecule has 2 N–H and O–H groups in total. The van der Waals surface area contributed by atoms with E-state index < -0.39 is 0 Å². The Kier molecular flexibility index (Phi) is 6.79. The molecule has 2 atom stereocenters. The number of rotatable bonds is 7. The number of amides is 1. The number of carbonyl (C=O) groups is 1. The second-order valence-corrected chi connectivity index (χ2v) is 5.51. The summed E-state index contributed by atoms with van der Waals surface area (Å²) in [5.41, 5.74) is 0.280. The smallest absolute Gasteiger partial charge is 0.271 e. The molecular weight excluding hydrogens is 274 g/mol. The van der Waals surface area contributed by atoms with Gasteiger partial charge in [0.1, 0.15) is 11.5 Å². The summed E-state index contributed by atoms with van der Waals surface area (Å²) in [4.78, 5) is 16.5. The molecule has 20 heavy (non-hydrogen) atoms. The molecule has 1 aromatic heterocycles. The standard InChI is InChI=1S/C15H24ClN3O/c1-5-9-17-13-8-7-12(16)14(19-13)15(20)18-11(4)10(3)6-2/h7-8,10-11H,5-6,9H2,1-4H3,(H,17,19)(H,18,20). The highest BCUT2D eigenvalue weighted by molar-refractivity contribution is 6.33. The monoisotopic (exact) mass is 297 g/mol. The van der Waals surface area contributed by atoms with E-state index in [4.69, 9.17) is 11.6 Å². The number of anilines is 1. The van der Waals surface area contributed by atoms with Gasteiger partial charge in [0, 0.05) is 12.6 Å². The Hall–Kier alpha value is -1.29. The van der Waals surface area contributed by atoms with Gasteiger partial charge in [-0.2, -0.15) is 0 Å². The maximum atomic E-state index is 12.2. The zero-order valence-corrected chi connectivity index (χ0v) is 13.4. The summed E-state index contributed by atoms with van der Waals surface area (Å²) in [5.74, 6) is 0.875. The zero-order valence-electron chi connectivity index (χ0n) is 12.7. The molecule has 0 saturated carbocycles. The van der Waals surface area contributed by atoms with E-state index in [0.717, 1.165) is 19.4 Å². The summed E-state index contributed by atoms with van der Waals surface area (Å²) in [7, 11) is 0. The quantitative estimate of drug-likeness (QED) is 0.806. The van der Waals surface area contributed by atoms with Gasteiger partial charge in [-0.05, 0) is 31.4 Å². The van der Waals surface area contributed by atoms with Crippen LogP contribution < -0.4 is 10.6 Å². The van der Waals surface area contributed by atoms with Gasteiger partial charge in [-0.15, -0.1) is 0 Å². The fraction of sp³-hybridized carbons (Fsp3) is 0.600. The molecule has 2 unspecified atom stereocenters. The molecule has 0 aromatic carbocycles. The summed E-state index contributed by atoms with van der Waals surface area (Å²) in [6.45, 7) is 9.11. The number of halogens is 1. The molecule has 0 aliphatic carbocycles. The van der Waals surface area contributed by atoms with Gasteiger partial charge in [-0.3, -0.25) is 4.79 Å². The van der Waals surface area contributed by atoms with Crippen molar-refractivity contribution in [2.75, 3.05) is 11.9 Å². The minimum atomic E-state index is -0.219. The van der Waals surface area contributed by atoms with Gasteiger partial charge in [0.2, 0.25) is 0 Å². The van der Waals surface area contributed by atoms with E-state index in [1.165, 1.54) is 0 Å². The maximum absolute atomic E-state index is 12.2. The third-order valence-electron chi connectivity index (χ3n) is 3.47. The van der Waals surface area contributed by atoms with Gasteiger partial charge in [-0.1, -0.05) is 38.8 Å². The summed E-state index contributed by atoms with van der Waals surface area (Å²) in [5, 5.41) is 6.49. The van der Waals surface area contributed by atoms with E-state index >= 15 is 0 Å². The average Bonchev–Trinajstić information content (AvgIpc) is 2.45. The number of hydrogen-bond donors (Lipinski definition) is 2. The molecular formula is C15H24ClN3O. The van der Waals surface area contributed by atoms with E-state index in [2.05, 4.69) is 36.4 Å². The second kappa shape index (κ2) is 8.10. The van der Waals surface area contributed by atoms with Crippen LogP contribution in [0.15, 0.2) is 12.1 Å². The Morgan fingerprint density at radius 3 is 2.65 bits per heavy atom. The predicted molar refractivity (Wildman–Crippen MR) is 84.4 cm³/mol. The van der Waals surface area contributed by atoms with Crippen LogP contribution in [-0.2, 0) is 0 Å². The largest absolute Gasteiger partial charge is 0.370 e. The van der Waals surface area contributed by atoms with Crippen LogP contribution in [0.2, 0.25) is 5.02 Å². The molecule has 1 rings (SSSR count). The molecule has 1 aromatic rings. The number of carbonyl (C=O) groups excluding carboxylic acids is 1. The minimum Gasteiger partial charge on any atom is -0.370 e. The SMILES string of the molecule is CCCNc1ccc(Cl)c(C(=O)NC(C)C(C)CC)n1. The van der Waals surface area contributed by atoms with Crippen molar-refractivity contribution >= 4 is 23.3 Å². The third-order valence-corrected chi connectivity index (χ3v) is 3.78. The Balaban J connectivity index is 2.80. The molecule has 0 spiro atoms. The lowest BCUT2D eigenvalue weighted by atomic mass is 10.0. The normalized spacial score (nSPS) is 13.7. The van der Waals surface area contributed by atoms with Crippen molar-refractivity contribution in [3.8, 4) is 0 Å². The minimum absolute atomic E-state index is 0.0950.